The summed E-state index contributed by atoms with van der Waals surface area (Å²) in [6.07, 6.45) is 5.23. The summed E-state index contributed by atoms with van der Waals surface area (Å²) in [6, 6.07) is 23.6. The van der Waals surface area contributed by atoms with E-state index in [1.54, 1.807) is 6.08 Å². The Morgan fingerprint density at radius 3 is 2.48 bits per heavy atom. The monoisotopic (exact) mass is 353 g/mol. The average molecular weight is 353 g/mol. The minimum absolute atomic E-state index is 0.196. The number of amides is 1. The van der Waals surface area contributed by atoms with E-state index in [4.69, 9.17) is 4.98 Å². The predicted octanol–water partition coefficient (Wildman–Crippen LogP) is 4.96. The van der Waals surface area contributed by atoms with Crippen LogP contribution in [0.5, 0.6) is 0 Å². The Morgan fingerprint density at radius 2 is 1.70 bits per heavy atom. The molecular weight excluding hydrogens is 334 g/mol. The van der Waals surface area contributed by atoms with Crippen molar-refractivity contribution < 1.29 is 4.79 Å². The molecule has 0 atom stereocenters. The van der Waals surface area contributed by atoms with Gasteiger partial charge in [0.15, 0.2) is 0 Å². The number of benzene rings is 2. The maximum Gasteiger partial charge on any atom is 0.249 e. The van der Waals surface area contributed by atoms with Gasteiger partial charge in [-0.1, -0.05) is 66.2 Å². The maximum atomic E-state index is 12.5. The summed E-state index contributed by atoms with van der Waals surface area (Å²) in [7, 11) is 0. The van der Waals surface area contributed by atoms with Gasteiger partial charge in [-0.2, -0.15) is 0 Å². The van der Waals surface area contributed by atoms with E-state index in [0.717, 1.165) is 22.5 Å². The third kappa shape index (κ3) is 3.65. The van der Waals surface area contributed by atoms with Crippen LogP contribution >= 0.6 is 0 Å². The van der Waals surface area contributed by atoms with E-state index in [0.29, 0.717) is 5.82 Å². The van der Waals surface area contributed by atoms with Crippen LogP contribution in [0.2, 0.25) is 0 Å². The average Bonchev–Trinajstić information content (AvgIpc) is 3.06. The molecule has 27 heavy (non-hydrogen) atoms. The van der Waals surface area contributed by atoms with Gasteiger partial charge in [-0.05, 0) is 30.7 Å². The van der Waals surface area contributed by atoms with Crippen molar-refractivity contribution in [3.63, 3.8) is 0 Å². The van der Waals surface area contributed by atoms with E-state index >= 15 is 0 Å². The first-order chi connectivity index (χ1) is 13.2. The molecule has 4 rings (SSSR count). The van der Waals surface area contributed by atoms with Crippen molar-refractivity contribution in [3.05, 3.63) is 96.2 Å². The van der Waals surface area contributed by atoms with Crippen LogP contribution in [0.25, 0.3) is 23.0 Å². The zero-order valence-electron chi connectivity index (χ0n) is 15.0. The molecule has 0 radical (unpaired) electrons. The van der Waals surface area contributed by atoms with E-state index in [1.807, 2.05) is 90.3 Å². The van der Waals surface area contributed by atoms with Crippen LogP contribution < -0.4 is 5.32 Å². The fourth-order valence-electron chi connectivity index (χ4n) is 2.92. The van der Waals surface area contributed by atoms with Gasteiger partial charge in [0.05, 0.1) is 0 Å². The zero-order chi connectivity index (χ0) is 18.6. The number of aromatic nitrogens is 2. The highest BCUT2D eigenvalue weighted by Crippen LogP contribution is 2.29. The second kappa shape index (κ2) is 7.30. The second-order valence-corrected chi connectivity index (χ2v) is 6.34. The lowest BCUT2D eigenvalue weighted by Gasteiger charge is -2.06. The molecule has 4 nitrogen and oxygen atoms in total. The van der Waals surface area contributed by atoms with E-state index in [1.165, 1.54) is 11.6 Å². The van der Waals surface area contributed by atoms with Crippen molar-refractivity contribution >= 4 is 23.4 Å². The van der Waals surface area contributed by atoms with Gasteiger partial charge in [-0.25, -0.2) is 4.98 Å². The summed E-state index contributed by atoms with van der Waals surface area (Å²) in [6.45, 7) is 2.05. The van der Waals surface area contributed by atoms with E-state index < -0.39 is 0 Å². The molecule has 0 aliphatic carbocycles. The third-order valence-electron chi connectivity index (χ3n) is 4.32. The Balaban J connectivity index is 1.69. The van der Waals surface area contributed by atoms with E-state index in [2.05, 4.69) is 5.32 Å². The molecule has 1 amide bonds. The van der Waals surface area contributed by atoms with Gasteiger partial charge in [0, 0.05) is 17.8 Å². The normalized spacial score (nSPS) is 11.1. The van der Waals surface area contributed by atoms with Crippen molar-refractivity contribution in [2.75, 3.05) is 5.32 Å². The van der Waals surface area contributed by atoms with Gasteiger partial charge >= 0.3 is 0 Å². The Labute approximate surface area is 157 Å². The van der Waals surface area contributed by atoms with Crippen molar-refractivity contribution in [1.29, 1.82) is 0 Å². The number of anilines is 1. The standard InChI is InChI=1S/C23H19N3O/c1-17-10-13-19(14-11-17)22-23(26-16-6-5-9-20(26)24-22)25-21(27)15-12-18-7-3-2-4-8-18/h2-16H,1H3,(H,25,27)/b15-12+. The maximum absolute atomic E-state index is 12.5. The fourth-order valence-corrected chi connectivity index (χ4v) is 2.92. The molecule has 0 spiro atoms. The van der Waals surface area contributed by atoms with E-state index in [9.17, 15) is 4.79 Å². The molecule has 0 saturated carbocycles. The summed E-state index contributed by atoms with van der Waals surface area (Å²) >= 11 is 0. The number of rotatable bonds is 4. The highest BCUT2D eigenvalue weighted by atomic mass is 16.1. The number of imidazole rings is 1. The SMILES string of the molecule is Cc1ccc(-c2nc3ccccn3c2NC(=O)/C=C/c2ccccc2)cc1. The third-order valence-corrected chi connectivity index (χ3v) is 4.32. The molecule has 0 aliphatic heterocycles. The van der Waals surface area contributed by atoms with Gasteiger partial charge in [0.2, 0.25) is 5.91 Å². The Morgan fingerprint density at radius 1 is 0.963 bits per heavy atom. The lowest BCUT2D eigenvalue weighted by Crippen LogP contribution is -2.10. The highest BCUT2D eigenvalue weighted by molar-refractivity contribution is 6.03. The molecule has 2 heterocycles. The second-order valence-electron chi connectivity index (χ2n) is 6.34. The number of nitrogens with one attached hydrogen (secondary N) is 1. The first-order valence-corrected chi connectivity index (χ1v) is 8.79. The molecule has 132 valence electrons. The summed E-state index contributed by atoms with van der Waals surface area (Å²) in [4.78, 5) is 17.2. The van der Waals surface area contributed by atoms with Gasteiger partial charge in [-0.3, -0.25) is 9.20 Å². The zero-order valence-corrected chi connectivity index (χ0v) is 15.0. The first-order valence-electron chi connectivity index (χ1n) is 8.79. The molecule has 0 unspecified atom stereocenters. The number of carbonyl (C=O) groups is 1. The van der Waals surface area contributed by atoms with Crippen LogP contribution in [0.15, 0.2) is 85.1 Å². The molecule has 0 saturated heterocycles. The lowest BCUT2D eigenvalue weighted by molar-refractivity contribution is -0.111. The summed E-state index contributed by atoms with van der Waals surface area (Å²) in [5, 5.41) is 2.99. The molecule has 0 fully saturated rings. The molecule has 1 N–H and O–H groups in total. The minimum Gasteiger partial charge on any atom is -0.306 e. The molecule has 2 aromatic heterocycles. The largest absolute Gasteiger partial charge is 0.306 e. The molecule has 0 bridgehead atoms. The number of hydrogen-bond donors (Lipinski definition) is 1. The van der Waals surface area contributed by atoms with Crippen LogP contribution in [0, 0.1) is 6.92 Å². The van der Waals surface area contributed by atoms with Crippen molar-refractivity contribution in [1.82, 2.24) is 9.38 Å². The summed E-state index contributed by atoms with van der Waals surface area (Å²) in [5.41, 5.74) is 4.66. The van der Waals surface area contributed by atoms with Crippen molar-refractivity contribution in [3.8, 4) is 11.3 Å². The minimum atomic E-state index is -0.196. The number of nitrogens with zero attached hydrogens (tertiary/aromatic N) is 2. The smallest absolute Gasteiger partial charge is 0.249 e. The topological polar surface area (TPSA) is 46.4 Å². The predicted molar refractivity (Wildman–Crippen MR) is 109 cm³/mol. The van der Waals surface area contributed by atoms with Crippen LogP contribution in [0.1, 0.15) is 11.1 Å². The van der Waals surface area contributed by atoms with Crippen LogP contribution in [-0.2, 0) is 4.79 Å². The van der Waals surface area contributed by atoms with E-state index in [-0.39, 0.29) is 5.91 Å². The fraction of sp³-hybridized carbons (Fsp3) is 0.0435. The summed E-state index contributed by atoms with van der Waals surface area (Å²) < 4.78 is 1.89. The molecular formula is C23H19N3O. The van der Waals surface area contributed by atoms with Gasteiger partial charge < -0.3 is 5.32 Å². The Kier molecular flexibility index (Phi) is 4.54. The summed E-state index contributed by atoms with van der Waals surface area (Å²) in [5.74, 6) is 0.468. The molecule has 4 aromatic rings. The van der Waals surface area contributed by atoms with Crippen molar-refractivity contribution in [2.45, 2.75) is 6.92 Å². The Hall–Kier alpha value is -3.66. The van der Waals surface area contributed by atoms with Gasteiger partial charge in [0.25, 0.3) is 0 Å². The highest BCUT2D eigenvalue weighted by Gasteiger charge is 2.15. The molecule has 4 heteroatoms. The number of pyridine rings is 1. The van der Waals surface area contributed by atoms with Crippen LogP contribution in [0.4, 0.5) is 5.82 Å². The van der Waals surface area contributed by atoms with Crippen molar-refractivity contribution in [2.24, 2.45) is 0 Å². The molecule has 2 aromatic carbocycles. The lowest BCUT2D eigenvalue weighted by atomic mass is 10.1. The number of hydrogen-bond acceptors (Lipinski definition) is 2. The first kappa shape index (κ1) is 16.8. The molecule has 0 aliphatic rings. The number of carbonyl (C=O) groups excluding carboxylic acids is 1. The number of fused-ring (bicyclic) bond motifs is 1. The van der Waals surface area contributed by atoms with Gasteiger partial charge in [-0.15, -0.1) is 0 Å². The number of aryl methyl sites for hydroxylation is 1. The van der Waals surface area contributed by atoms with Gasteiger partial charge in [0.1, 0.15) is 17.2 Å². The quantitative estimate of drug-likeness (QED) is 0.527. The Bertz CT molecular complexity index is 1110. The van der Waals surface area contributed by atoms with Crippen LogP contribution in [0.3, 0.4) is 0 Å². The van der Waals surface area contributed by atoms with Crippen LogP contribution in [-0.4, -0.2) is 15.3 Å².